The summed E-state index contributed by atoms with van der Waals surface area (Å²) in [6.07, 6.45) is 3.91. The minimum absolute atomic E-state index is 0.693. The van der Waals surface area contributed by atoms with E-state index in [1.165, 1.54) is 5.39 Å². The van der Waals surface area contributed by atoms with Gasteiger partial charge >= 0.3 is 0 Å². The Morgan fingerprint density at radius 1 is 0.800 bits per heavy atom. The van der Waals surface area contributed by atoms with Crippen LogP contribution in [0.3, 0.4) is 0 Å². The standard InChI is InChI=1S/C17H11N3/c18-11-14-12-20(17-8-4-2-6-15(14)17)19-10-9-13-5-1-3-7-16(13)19/h1-10,12H. The van der Waals surface area contributed by atoms with Gasteiger partial charge in [0.1, 0.15) is 6.07 Å². The fourth-order valence-corrected chi connectivity index (χ4v) is 2.69. The van der Waals surface area contributed by atoms with Crippen LogP contribution < -0.4 is 0 Å². The molecule has 0 amide bonds. The number of nitrogens with zero attached hydrogens (tertiary/aromatic N) is 3. The van der Waals surface area contributed by atoms with Crippen LogP contribution in [0, 0.1) is 11.3 Å². The van der Waals surface area contributed by atoms with E-state index in [4.69, 9.17) is 0 Å². The van der Waals surface area contributed by atoms with Crippen LogP contribution in [0.5, 0.6) is 0 Å². The van der Waals surface area contributed by atoms with Gasteiger partial charge in [-0.05, 0) is 18.2 Å². The summed E-state index contributed by atoms with van der Waals surface area (Å²) in [5, 5.41) is 11.5. The first-order valence-electron chi connectivity index (χ1n) is 6.45. The molecule has 0 aliphatic carbocycles. The van der Waals surface area contributed by atoms with Crippen LogP contribution in [0.2, 0.25) is 0 Å². The van der Waals surface area contributed by atoms with Crippen molar-refractivity contribution in [2.45, 2.75) is 0 Å². The summed E-state index contributed by atoms with van der Waals surface area (Å²) < 4.78 is 4.09. The minimum atomic E-state index is 0.693. The second kappa shape index (κ2) is 4.01. The van der Waals surface area contributed by atoms with Gasteiger partial charge < -0.3 is 0 Å². The van der Waals surface area contributed by atoms with Crippen molar-refractivity contribution in [1.82, 2.24) is 9.35 Å². The Kier molecular flexibility index (Phi) is 2.18. The Labute approximate surface area is 115 Å². The van der Waals surface area contributed by atoms with Gasteiger partial charge in [0.25, 0.3) is 0 Å². The maximum absolute atomic E-state index is 9.29. The zero-order valence-corrected chi connectivity index (χ0v) is 10.7. The largest absolute Gasteiger partial charge is 0.256 e. The normalized spacial score (nSPS) is 10.9. The first kappa shape index (κ1) is 10.9. The lowest BCUT2D eigenvalue weighted by Crippen LogP contribution is -2.05. The van der Waals surface area contributed by atoms with Crippen LogP contribution in [-0.4, -0.2) is 9.35 Å². The molecule has 3 heteroatoms. The van der Waals surface area contributed by atoms with Crippen LogP contribution in [0.25, 0.3) is 21.8 Å². The van der Waals surface area contributed by atoms with Crippen molar-refractivity contribution in [3.63, 3.8) is 0 Å². The summed E-state index contributed by atoms with van der Waals surface area (Å²) in [6, 6.07) is 20.5. The third kappa shape index (κ3) is 1.39. The van der Waals surface area contributed by atoms with Crippen molar-refractivity contribution < 1.29 is 0 Å². The molecule has 2 heterocycles. The van der Waals surface area contributed by atoms with Crippen molar-refractivity contribution in [1.29, 1.82) is 5.26 Å². The van der Waals surface area contributed by atoms with Crippen LogP contribution in [-0.2, 0) is 0 Å². The Bertz CT molecular complexity index is 967. The fraction of sp³-hybridized carbons (Fsp3) is 0. The van der Waals surface area contributed by atoms with E-state index in [1.54, 1.807) is 0 Å². The van der Waals surface area contributed by atoms with Crippen molar-refractivity contribution >= 4 is 21.8 Å². The van der Waals surface area contributed by atoms with Crippen LogP contribution in [0.1, 0.15) is 5.56 Å². The van der Waals surface area contributed by atoms with Crippen molar-refractivity contribution in [2.75, 3.05) is 0 Å². The number of nitriles is 1. The predicted octanol–water partition coefficient (Wildman–Crippen LogP) is 3.78. The highest BCUT2D eigenvalue weighted by Crippen LogP contribution is 2.23. The smallest absolute Gasteiger partial charge is 0.101 e. The van der Waals surface area contributed by atoms with Crippen molar-refractivity contribution in [2.24, 2.45) is 0 Å². The Hall–Kier alpha value is -2.99. The average Bonchev–Trinajstić information content (AvgIpc) is 3.08. The van der Waals surface area contributed by atoms with E-state index < -0.39 is 0 Å². The Morgan fingerprint density at radius 2 is 1.55 bits per heavy atom. The number of hydrogen-bond acceptors (Lipinski definition) is 1. The summed E-state index contributed by atoms with van der Waals surface area (Å²) in [5.41, 5.74) is 2.85. The number of para-hydroxylation sites is 2. The molecule has 0 radical (unpaired) electrons. The molecule has 2 aromatic heterocycles. The lowest BCUT2D eigenvalue weighted by atomic mass is 10.2. The summed E-state index contributed by atoms with van der Waals surface area (Å²) in [7, 11) is 0. The van der Waals surface area contributed by atoms with Crippen LogP contribution >= 0.6 is 0 Å². The van der Waals surface area contributed by atoms with Crippen LogP contribution in [0.4, 0.5) is 0 Å². The highest BCUT2D eigenvalue weighted by Gasteiger charge is 2.10. The van der Waals surface area contributed by atoms with Gasteiger partial charge in [-0.15, -0.1) is 0 Å². The third-order valence-electron chi connectivity index (χ3n) is 3.62. The maximum atomic E-state index is 9.29. The second-order valence-corrected chi connectivity index (χ2v) is 4.74. The van der Waals surface area contributed by atoms with Gasteiger partial charge in [-0.2, -0.15) is 5.26 Å². The average molecular weight is 257 g/mol. The molecule has 0 aliphatic heterocycles. The maximum Gasteiger partial charge on any atom is 0.101 e. The number of rotatable bonds is 1. The van der Waals surface area contributed by atoms with Crippen molar-refractivity contribution in [3.05, 3.63) is 72.6 Å². The summed E-state index contributed by atoms with van der Waals surface area (Å²) in [5.74, 6) is 0. The van der Waals surface area contributed by atoms with E-state index >= 15 is 0 Å². The minimum Gasteiger partial charge on any atom is -0.256 e. The van der Waals surface area contributed by atoms with E-state index in [2.05, 4.69) is 28.9 Å². The molecule has 4 aromatic rings. The molecule has 94 valence electrons. The molecule has 0 bridgehead atoms. The molecule has 4 rings (SSSR count). The summed E-state index contributed by atoms with van der Waals surface area (Å²) in [6.45, 7) is 0. The van der Waals surface area contributed by atoms with Crippen LogP contribution in [0.15, 0.2) is 67.0 Å². The van der Waals surface area contributed by atoms with Gasteiger partial charge in [0.2, 0.25) is 0 Å². The summed E-state index contributed by atoms with van der Waals surface area (Å²) in [4.78, 5) is 0. The quantitative estimate of drug-likeness (QED) is 0.511. The zero-order chi connectivity index (χ0) is 13.5. The van der Waals surface area contributed by atoms with Gasteiger partial charge in [0.05, 0.1) is 16.6 Å². The lowest BCUT2D eigenvalue weighted by molar-refractivity contribution is 0.718. The Morgan fingerprint density at radius 3 is 2.40 bits per heavy atom. The second-order valence-electron chi connectivity index (χ2n) is 4.74. The number of hydrogen-bond donors (Lipinski definition) is 0. The first-order chi connectivity index (χ1) is 9.88. The van der Waals surface area contributed by atoms with Gasteiger partial charge in [-0.25, -0.2) is 0 Å². The molecule has 0 fully saturated rings. The first-order valence-corrected chi connectivity index (χ1v) is 6.45. The van der Waals surface area contributed by atoms with Gasteiger partial charge in [0, 0.05) is 23.2 Å². The highest BCUT2D eigenvalue weighted by atomic mass is 15.4. The molecule has 2 aromatic carbocycles. The molecule has 0 atom stereocenters. The topological polar surface area (TPSA) is 33.6 Å². The summed E-state index contributed by atoms with van der Waals surface area (Å²) >= 11 is 0. The van der Waals surface area contributed by atoms with Crippen molar-refractivity contribution in [3.8, 4) is 6.07 Å². The molecule has 3 nitrogen and oxygen atoms in total. The number of aromatic nitrogens is 2. The van der Waals surface area contributed by atoms with Gasteiger partial charge in [-0.1, -0.05) is 36.4 Å². The number of fused-ring (bicyclic) bond motifs is 2. The van der Waals surface area contributed by atoms with E-state index in [-0.39, 0.29) is 0 Å². The molecule has 0 saturated carbocycles. The molecule has 0 N–H and O–H groups in total. The molecular weight excluding hydrogens is 246 g/mol. The lowest BCUT2D eigenvalue weighted by Gasteiger charge is -2.08. The van der Waals surface area contributed by atoms with E-state index in [0.29, 0.717) is 5.56 Å². The molecule has 20 heavy (non-hydrogen) atoms. The zero-order valence-electron chi connectivity index (χ0n) is 10.7. The SMILES string of the molecule is N#Cc1cn(-n2ccc3ccccc32)c2ccccc12. The van der Waals surface area contributed by atoms with E-state index in [0.717, 1.165) is 16.4 Å². The Balaban J connectivity index is 2.11. The molecule has 0 unspecified atom stereocenters. The monoisotopic (exact) mass is 257 g/mol. The molecule has 0 spiro atoms. The molecule has 0 aliphatic rings. The number of benzene rings is 2. The molecule has 0 saturated heterocycles. The van der Waals surface area contributed by atoms with E-state index in [9.17, 15) is 5.26 Å². The molecular formula is C17H11N3. The van der Waals surface area contributed by atoms with Gasteiger partial charge in [0.15, 0.2) is 0 Å². The third-order valence-corrected chi connectivity index (χ3v) is 3.62. The van der Waals surface area contributed by atoms with E-state index in [1.807, 2.05) is 53.5 Å². The predicted molar refractivity (Wildman–Crippen MR) is 79.4 cm³/mol. The fourth-order valence-electron chi connectivity index (χ4n) is 2.69. The van der Waals surface area contributed by atoms with Gasteiger partial charge in [-0.3, -0.25) is 9.35 Å². The highest BCUT2D eigenvalue weighted by molar-refractivity contribution is 5.87.